The number of rotatable bonds is 11. The molecule has 44 heavy (non-hydrogen) atoms. The monoisotopic (exact) mass is 654 g/mol. The number of ether oxygens (including phenoxy) is 1. The van der Waals surface area contributed by atoms with Gasteiger partial charge in [-0.3, -0.25) is 14.5 Å². The predicted molar refractivity (Wildman–Crippen MR) is 174 cm³/mol. The molecule has 1 amide bonds. The highest BCUT2D eigenvalue weighted by atomic mass is 32.2. The van der Waals surface area contributed by atoms with Gasteiger partial charge in [0.05, 0.1) is 27.7 Å². The first-order valence-corrected chi connectivity index (χ1v) is 17.1. The van der Waals surface area contributed by atoms with Crippen molar-refractivity contribution < 1.29 is 27.9 Å². The zero-order valence-corrected chi connectivity index (χ0v) is 26.9. The van der Waals surface area contributed by atoms with Gasteiger partial charge in [-0.15, -0.1) is 0 Å². The molecule has 1 N–H and O–H groups in total. The smallest absolute Gasteiger partial charge is 0.303 e. The summed E-state index contributed by atoms with van der Waals surface area (Å²) in [6.07, 6.45) is 5.10. The molecule has 2 atom stereocenters. The number of aliphatic carboxylic acids is 1. The Hall–Kier alpha value is -3.36. The van der Waals surface area contributed by atoms with E-state index in [1.54, 1.807) is 39.9 Å². The number of para-hydroxylation sites is 1. The fourth-order valence-electron chi connectivity index (χ4n) is 5.27. The minimum absolute atomic E-state index is 0.0969. The van der Waals surface area contributed by atoms with Crippen LogP contribution in [0.15, 0.2) is 70.6 Å². The zero-order valence-electron chi connectivity index (χ0n) is 24.5. The van der Waals surface area contributed by atoms with Crippen LogP contribution < -0.4 is 0 Å². The lowest BCUT2D eigenvalue weighted by Gasteiger charge is -2.34. The lowest BCUT2D eigenvalue weighted by atomic mass is 10.1. The summed E-state index contributed by atoms with van der Waals surface area (Å²) in [5.41, 5.74) is 2.56. The van der Waals surface area contributed by atoms with Gasteiger partial charge in [-0.1, -0.05) is 60.7 Å². The molecule has 0 aliphatic carbocycles. The molecule has 1 aromatic heterocycles. The molecule has 232 valence electrons. The van der Waals surface area contributed by atoms with E-state index in [1.165, 1.54) is 16.1 Å². The highest BCUT2D eigenvalue weighted by Crippen LogP contribution is 2.36. The van der Waals surface area contributed by atoms with E-state index in [4.69, 9.17) is 27.2 Å². The summed E-state index contributed by atoms with van der Waals surface area (Å²) in [4.78, 5) is 26.3. The SMILES string of the molecule is CC1CN(S(=O)(=O)c2cccc(-c3nn(-c4ccccc4)cc3/C=C3\SC(=S)N(CCCCCC(=O)O)C3=O)c2)CC(C)O1. The minimum Gasteiger partial charge on any atom is -0.481 e. The van der Waals surface area contributed by atoms with Crippen LogP contribution in [0.4, 0.5) is 0 Å². The number of carbonyl (C=O) groups excluding carboxylic acids is 1. The number of carbonyl (C=O) groups is 2. The van der Waals surface area contributed by atoms with Crippen LogP contribution in [0, 0.1) is 0 Å². The number of carboxylic acids is 1. The number of hydrogen-bond acceptors (Lipinski definition) is 8. The lowest BCUT2D eigenvalue weighted by molar-refractivity contribution is -0.137. The van der Waals surface area contributed by atoms with Crippen molar-refractivity contribution in [2.75, 3.05) is 19.6 Å². The van der Waals surface area contributed by atoms with E-state index in [0.717, 1.165) is 5.69 Å². The number of thioether (sulfide) groups is 1. The number of amides is 1. The first-order valence-electron chi connectivity index (χ1n) is 14.4. The highest BCUT2D eigenvalue weighted by Gasteiger charge is 2.34. The van der Waals surface area contributed by atoms with E-state index in [2.05, 4.69) is 0 Å². The molecule has 0 saturated carbocycles. The molecule has 2 saturated heterocycles. The van der Waals surface area contributed by atoms with Crippen LogP contribution >= 0.6 is 24.0 Å². The molecule has 3 aromatic rings. The van der Waals surface area contributed by atoms with Crippen molar-refractivity contribution in [3.05, 3.63) is 71.3 Å². The van der Waals surface area contributed by atoms with Gasteiger partial charge in [-0.25, -0.2) is 13.1 Å². The molecule has 2 unspecified atom stereocenters. The van der Waals surface area contributed by atoms with Gasteiger partial charge < -0.3 is 9.84 Å². The minimum atomic E-state index is -3.79. The Balaban J connectivity index is 1.46. The Bertz CT molecular complexity index is 1680. The fraction of sp³-hybridized carbons (Fsp3) is 0.355. The van der Waals surface area contributed by atoms with Gasteiger partial charge >= 0.3 is 5.97 Å². The number of hydrogen-bond donors (Lipinski definition) is 1. The standard InChI is InChI=1S/C31H34N4O6S3/c1-21-18-33(19-22(2)41-21)44(39,40)26-13-9-10-23(16-26)29-24(20-35(32-29)25-11-5-3-6-12-25)17-27-30(38)34(31(42)43-27)15-8-4-7-14-28(36)37/h3,5-6,9-13,16-17,20-22H,4,7-8,14-15,18-19H2,1-2H3,(H,36,37)/b27-17-. The number of sulfonamides is 1. The van der Waals surface area contributed by atoms with E-state index < -0.39 is 16.0 Å². The number of thiocarbonyl (C=S) groups is 1. The number of aromatic nitrogens is 2. The second kappa shape index (κ2) is 13.7. The van der Waals surface area contributed by atoms with Crippen LogP contribution in [-0.4, -0.2) is 80.5 Å². The third kappa shape index (κ3) is 7.29. The molecule has 5 rings (SSSR count). The second-order valence-corrected chi connectivity index (χ2v) is 14.5. The Morgan fingerprint density at radius 3 is 2.52 bits per heavy atom. The number of unbranched alkanes of at least 4 members (excludes halogenated alkanes) is 2. The molecular weight excluding hydrogens is 621 g/mol. The van der Waals surface area contributed by atoms with Crippen LogP contribution in [0.25, 0.3) is 23.0 Å². The molecule has 0 bridgehead atoms. The van der Waals surface area contributed by atoms with Gasteiger partial charge in [0.15, 0.2) is 0 Å². The number of morpholine rings is 1. The summed E-state index contributed by atoms with van der Waals surface area (Å²) < 4.78 is 36.7. The average Bonchev–Trinajstić information content (AvgIpc) is 3.53. The van der Waals surface area contributed by atoms with Gasteiger partial charge in [0.1, 0.15) is 10.0 Å². The van der Waals surface area contributed by atoms with E-state index in [-0.39, 0.29) is 42.5 Å². The molecule has 0 spiro atoms. The maximum atomic E-state index is 13.7. The summed E-state index contributed by atoms with van der Waals surface area (Å²) in [5, 5.41) is 13.7. The van der Waals surface area contributed by atoms with Crippen LogP contribution in [-0.2, 0) is 24.3 Å². The number of nitrogens with zero attached hydrogens (tertiary/aromatic N) is 4. The largest absolute Gasteiger partial charge is 0.481 e. The van der Waals surface area contributed by atoms with Crippen molar-refractivity contribution in [1.82, 2.24) is 19.0 Å². The van der Waals surface area contributed by atoms with Gasteiger partial charge in [0.25, 0.3) is 5.91 Å². The fourth-order valence-corrected chi connectivity index (χ4v) is 8.20. The molecule has 2 fully saturated rings. The number of carboxylic acid groups (broad SMARTS) is 1. The van der Waals surface area contributed by atoms with Crippen LogP contribution in [0.2, 0.25) is 0 Å². The molecule has 0 radical (unpaired) electrons. The van der Waals surface area contributed by atoms with Gasteiger partial charge in [0, 0.05) is 43.4 Å². The van der Waals surface area contributed by atoms with Crippen molar-refractivity contribution in [3.63, 3.8) is 0 Å². The predicted octanol–water partition coefficient (Wildman–Crippen LogP) is 5.18. The topological polar surface area (TPSA) is 122 Å². The molecule has 3 heterocycles. The van der Waals surface area contributed by atoms with Crippen molar-refractivity contribution in [1.29, 1.82) is 0 Å². The van der Waals surface area contributed by atoms with Gasteiger partial charge in [-0.05, 0) is 57.0 Å². The quantitative estimate of drug-likeness (QED) is 0.169. The Kier molecular flexibility index (Phi) is 10.0. The van der Waals surface area contributed by atoms with Crippen LogP contribution in [0.5, 0.6) is 0 Å². The van der Waals surface area contributed by atoms with Crippen molar-refractivity contribution in [3.8, 4) is 16.9 Å². The highest BCUT2D eigenvalue weighted by molar-refractivity contribution is 8.26. The van der Waals surface area contributed by atoms with Gasteiger partial charge in [-0.2, -0.15) is 9.40 Å². The summed E-state index contributed by atoms with van der Waals surface area (Å²) in [7, 11) is -3.79. The van der Waals surface area contributed by atoms with Gasteiger partial charge in [0.2, 0.25) is 10.0 Å². The van der Waals surface area contributed by atoms with Crippen LogP contribution in [0.1, 0.15) is 45.1 Å². The molecule has 2 aromatic carbocycles. The summed E-state index contributed by atoms with van der Waals surface area (Å²) in [6.45, 7) is 4.67. The summed E-state index contributed by atoms with van der Waals surface area (Å²) >= 11 is 6.71. The normalized spacial score (nSPS) is 20.5. The Morgan fingerprint density at radius 2 is 1.82 bits per heavy atom. The first kappa shape index (κ1) is 32.0. The van der Waals surface area contributed by atoms with E-state index in [9.17, 15) is 18.0 Å². The summed E-state index contributed by atoms with van der Waals surface area (Å²) in [6, 6.07) is 16.2. The molecule has 10 nitrogen and oxygen atoms in total. The molecular formula is C31H34N4O6S3. The zero-order chi connectivity index (χ0) is 31.4. The third-order valence-electron chi connectivity index (χ3n) is 7.33. The Morgan fingerprint density at radius 1 is 1.09 bits per heavy atom. The lowest BCUT2D eigenvalue weighted by Crippen LogP contribution is -2.48. The molecule has 13 heteroatoms. The summed E-state index contributed by atoms with van der Waals surface area (Å²) in [5.74, 6) is -1.05. The van der Waals surface area contributed by atoms with Crippen molar-refractivity contribution in [2.24, 2.45) is 0 Å². The molecule has 2 aliphatic rings. The maximum Gasteiger partial charge on any atom is 0.303 e. The van der Waals surface area contributed by atoms with E-state index in [0.29, 0.717) is 51.9 Å². The van der Waals surface area contributed by atoms with Crippen molar-refractivity contribution >= 4 is 56.3 Å². The first-order chi connectivity index (χ1) is 21.0. The maximum absolute atomic E-state index is 13.7. The van der Waals surface area contributed by atoms with Crippen molar-refractivity contribution in [2.45, 2.75) is 56.6 Å². The third-order valence-corrected chi connectivity index (χ3v) is 10.5. The van der Waals surface area contributed by atoms with Crippen LogP contribution in [0.3, 0.4) is 0 Å². The number of benzene rings is 2. The van der Waals surface area contributed by atoms with E-state index in [1.807, 2.05) is 50.4 Å². The van der Waals surface area contributed by atoms with E-state index >= 15 is 0 Å². The average molecular weight is 655 g/mol. The second-order valence-electron chi connectivity index (χ2n) is 10.9. The Labute approximate surface area is 266 Å². The molecule has 2 aliphatic heterocycles.